The lowest BCUT2D eigenvalue weighted by molar-refractivity contribution is -0.150. The van der Waals surface area contributed by atoms with Crippen LogP contribution in [-0.2, 0) is 19.1 Å². The van der Waals surface area contributed by atoms with Crippen LogP contribution in [0.1, 0.15) is 19.8 Å². The van der Waals surface area contributed by atoms with Gasteiger partial charge in [-0.15, -0.1) is 0 Å². The second-order valence-electron chi connectivity index (χ2n) is 6.88. The average Bonchev–Trinajstić information content (AvgIpc) is 3.47. The fraction of sp³-hybridized carbons (Fsp3) is 0.444. The average molecular weight is 411 g/mol. The number of benzene rings is 1. The van der Waals surface area contributed by atoms with Crippen LogP contribution in [0.15, 0.2) is 24.3 Å². The van der Waals surface area contributed by atoms with E-state index < -0.39 is 49.1 Å². The van der Waals surface area contributed by atoms with Crippen LogP contribution in [0.2, 0.25) is 0 Å². The number of rotatable bonds is 8. The van der Waals surface area contributed by atoms with Crippen molar-refractivity contribution in [2.75, 3.05) is 18.5 Å². The van der Waals surface area contributed by atoms with Gasteiger partial charge in [0, 0.05) is 0 Å². The highest BCUT2D eigenvalue weighted by atomic mass is 19.3. The normalized spacial score (nSPS) is 21.2. The molecule has 1 aromatic rings. The van der Waals surface area contributed by atoms with Crippen LogP contribution in [0.3, 0.4) is 0 Å². The number of ether oxygens (including phenoxy) is 2. The maximum atomic E-state index is 12.4. The molecule has 9 nitrogen and oxygen atoms in total. The number of hydrogen-bond acceptors (Lipinski definition) is 6. The van der Waals surface area contributed by atoms with Gasteiger partial charge in [0.25, 0.3) is 11.8 Å². The Morgan fingerprint density at radius 1 is 1.31 bits per heavy atom. The van der Waals surface area contributed by atoms with Gasteiger partial charge in [-0.25, -0.2) is 4.79 Å². The largest absolute Gasteiger partial charge is 0.454 e. The fourth-order valence-corrected chi connectivity index (χ4v) is 3.07. The Morgan fingerprint density at radius 2 is 2.00 bits per heavy atom. The Kier molecular flexibility index (Phi) is 5.66. The molecular formula is C18H19F2N3O6. The minimum absolute atomic E-state index is 0.0249. The molecule has 0 aromatic heterocycles. The van der Waals surface area contributed by atoms with Gasteiger partial charge in [0.05, 0.1) is 5.69 Å². The van der Waals surface area contributed by atoms with Crippen LogP contribution in [0.4, 0.5) is 19.3 Å². The summed E-state index contributed by atoms with van der Waals surface area (Å²) in [6, 6.07) is 4.82. The molecule has 1 aromatic carbocycles. The van der Waals surface area contributed by atoms with E-state index in [4.69, 9.17) is 4.74 Å². The molecule has 0 spiro atoms. The smallest absolute Gasteiger partial charge is 0.387 e. The van der Waals surface area contributed by atoms with E-state index in [9.17, 15) is 28.0 Å². The molecule has 1 atom stereocenters. The number of alkyl halides is 2. The molecule has 11 heteroatoms. The topological polar surface area (TPSA) is 114 Å². The molecule has 29 heavy (non-hydrogen) atoms. The van der Waals surface area contributed by atoms with Crippen molar-refractivity contribution in [3.05, 3.63) is 24.3 Å². The van der Waals surface area contributed by atoms with E-state index >= 15 is 0 Å². The second kappa shape index (κ2) is 8.02. The maximum Gasteiger partial charge on any atom is 0.387 e. The Hall–Kier alpha value is -3.24. The van der Waals surface area contributed by atoms with Crippen molar-refractivity contribution in [3.63, 3.8) is 0 Å². The number of urea groups is 1. The van der Waals surface area contributed by atoms with Gasteiger partial charge < -0.3 is 20.1 Å². The van der Waals surface area contributed by atoms with Crippen molar-refractivity contribution in [2.24, 2.45) is 5.92 Å². The first-order chi connectivity index (χ1) is 13.7. The van der Waals surface area contributed by atoms with Crippen LogP contribution in [0, 0.1) is 5.92 Å². The lowest BCUT2D eigenvalue weighted by atomic mass is 9.96. The van der Waals surface area contributed by atoms with Crippen molar-refractivity contribution in [2.45, 2.75) is 31.9 Å². The fourth-order valence-electron chi connectivity index (χ4n) is 3.07. The molecule has 4 amide bonds. The Balaban J connectivity index is 1.50. The van der Waals surface area contributed by atoms with Gasteiger partial charge in [0.2, 0.25) is 0 Å². The maximum absolute atomic E-state index is 12.4. The van der Waals surface area contributed by atoms with Crippen LogP contribution in [0.5, 0.6) is 5.75 Å². The van der Waals surface area contributed by atoms with Gasteiger partial charge in [-0.3, -0.25) is 19.3 Å². The predicted molar refractivity (Wildman–Crippen MR) is 94.0 cm³/mol. The third-order valence-electron chi connectivity index (χ3n) is 4.72. The Labute approximate surface area is 164 Å². The van der Waals surface area contributed by atoms with Crippen molar-refractivity contribution >= 4 is 29.5 Å². The summed E-state index contributed by atoms with van der Waals surface area (Å²) in [5.74, 6) is -2.48. The zero-order valence-corrected chi connectivity index (χ0v) is 15.4. The molecule has 1 saturated heterocycles. The standard InChI is InChI=1S/C18H19F2N3O6/c1-18(10-6-7-10)15(26)23(17(27)22-18)8-14(25)28-9-13(24)21-11-4-2-3-5-12(11)29-16(19)20/h2-5,10,16H,6-9H2,1H3,(H,21,24)(H,22,27)/t18-/m1/s1. The quantitative estimate of drug-likeness (QED) is 0.495. The van der Waals surface area contributed by atoms with Crippen molar-refractivity contribution in [1.29, 1.82) is 0 Å². The third-order valence-corrected chi connectivity index (χ3v) is 4.72. The van der Waals surface area contributed by atoms with E-state index in [2.05, 4.69) is 15.4 Å². The zero-order valence-electron chi connectivity index (χ0n) is 15.4. The summed E-state index contributed by atoms with van der Waals surface area (Å²) >= 11 is 0. The van der Waals surface area contributed by atoms with E-state index in [1.165, 1.54) is 24.3 Å². The summed E-state index contributed by atoms with van der Waals surface area (Å²) < 4.78 is 33.8. The minimum atomic E-state index is -3.07. The molecule has 0 unspecified atom stereocenters. The van der Waals surface area contributed by atoms with Crippen LogP contribution in [-0.4, -0.2) is 54.0 Å². The molecule has 156 valence electrons. The first-order valence-electron chi connectivity index (χ1n) is 8.84. The number of nitrogens with one attached hydrogen (secondary N) is 2. The lowest BCUT2D eigenvalue weighted by Gasteiger charge is -2.20. The van der Waals surface area contributed by atoms with Gasteiger partial charge in [-0.05, 0) is 37.8 Å². The summed E-state index contributed by atoms with van der Waals surface area (Å²) in [7, 11) is 0. The van der Waals surface area contributed by atoms with Crippen molar-refractivity contribution in [3.8, 4) is 5.75 Å². The number of anilines is 1. The molecule has 1 aliphatic carbocycles. The third kappa shape index (κ3) is 4.61. The second-order valence-corrected chi connectivity index (χ2v) is 6.88. The number of imide groups is 1. The van der Waals surface area contributed by atoms with E-state index in [-0.39, 0.29) is 17.4 Å². The first-order valence-corrected chi connectivity index (χ1v) is 8.84. The number of carbonyl (C=O) groups is 4. The monoisotopic (exact) mass is 411 g/mol. The predicted octanol–water partition coefficient (Wildman–Crippen LogP) is 1.49. The number of halogens is 2. The summed E-state index contributed by atoms with van der Waals surface area (Å²) in [5, 5.41) is 4.88. The molecule has 2 N–H and O–H groups in total. The SMILES string of the molecule is C[C@]1(C2CC2)NC(=O)N(CC(=O)OCC(=O)Nc2ccccc2OC(F)F)C1=O. The van der Waals surface area contributed by atoms with Crippen molar-refractivity contribution < 1.29 is 37.4 Å². The molecule has 1 saturated carbocycles. The minimum Gasteiger partial charge on any atom is -0.454 e. The number of amides is 4. The van der Waals surface area contributed by atoms with Crippen molar-refractivity contribution in [1.82, 2.24) is 10.2 Å². The number of carbonyl (C=O) groups excluding carboxylic acids is 4. The van der Waals surface area contributed by atoms with E-state index in [1.54, 1.807) is 6.92 Å². The Bertz CT molecular complexity index is 845. The number of para-hydroxylation sites is 2. The number of esters is 1. The summed E-state index contributed by atoms with van der Waals surface area (Å²) in [5.41, 5.74) is -1.05. The highest BCUT2D eigenvalue weighted by molar-refractivity contribution is 6.09. The van der Waals surface area contributed by atoms with Gasteiger partial charge in [-0.2, -0.15) is 8.78 Å². The molecule has 2 aliphatic rings. The van der Waals surface area contributed by atoms with Gasteiger partial charge in [0.15, 0.2) is 6.61 Å². The molecule has 1 aliphatic heterocycles. The molecule has 1 heterocycles. The van der Waals surface area contributed by atoms with Gasteiger partial charge in [-0.1, -0.05) is 12.1 Å². The van der Waals surface area contributed by atoms with E-state index in [0.29, 0.717) is 0 Å². The highest BCUT2D eigenvalue weighted by Crippen LogP contribution is 2.42. The molecule has 0 bridgehead atoms. The first kappa shape index (κ1) is 20.5. The molecule has 2 fully saturated rings. The number of hydrogen-bond donors (Lipinski definition) is 2. The van der Waals surface area contributed by atoms with E-state index in [1.807, 2.05) is 0 Å². The van der Waals surface area contributed by atoms with Crippen LogP contribution < -0.4 is 15.4 Å². The summed E-state index contributed by atoms with van der Waals surface area (Å²) in [6.45, 7) is -2.82. The van der Waals surface area contributed by atoms with Crippen LogP contribution in [0.25, 0.3) is 0 Å². The zero-order chi connectivity index (χ0) is 21.2. The highest BCUT2D eigenvalue weighted by Gasteiger charge is 2.56. The summed E-state index contributed by atoms with van der Waals surface area (Å²) in [6.07, 6.45) is 1.63. The Morgan fingerprint density at radius 3 is 2.66 bits per heavy atom. The van der Waals surface area contributed by atoms with Crippen LogP contribution >= 0.6 is 0 Å². The van der Waals surface area contributed by atoms with E-state index in [0.717, 1.165) is 17.7 Å². The molecule has 3 rings (SSSR count). The molecular weight excluding hydrogens is 392 g/mol. The lowest BCUT2D eigenvalue weighted by Crippen LogP contribution is -2.46. The molecule has 0 radical (unpaired) electrons. The van der Waals surface area contributed by atoms with Gasteiger partial charge >= 0.3 is 18.6 Å². The summed E-state index contributed by atoms with van der Waals surface area (Å²) in [4.78, 5) is 49.1. The van der Waals surface area contributed by atoms with Gasteiger partial charge in [0.1, 0.15) is 17.8 Å². The number of nitrogens with zero attached hydrogens (tertiary/aromatic N) is 1.